The van der Waals surface area contributed by atoms with Crippen LogP contribution >= 0.6 is 39.1 Å². The van der Waals surface area contributed by atoms with Crippen molar-refractivity contribution in [3.05, 3.63) is 56.0 Å². The van der Waals surface area contributed by atoms with E-state index in [9.17, 15) is 0 Å². The smallest absolute Gasteiger partial charge is 0.167 e. The molecule has 0 aliphatic carbocycles. The zero-order valence-corrected chi connectivity index (χ0v) is 18.2. The summed E-state index contributed by atoms with van der Waals surface area (Å²) in [7, 11) is 1.64. The van der Waals surface area contributed by atoms with Gasteiger partial charge in [-0.25, -0.2) is 0 Å². The van der Waals surface area contributed by atoms with Crippen molar-refractivity contribution >= 4 is 39.1 Å². The molecular formula is C20H24BrCl2NO2. The van der Waals surface area contributed by atoms with Gasteiger partial charge in [-0.15, -0.1) is 0 Å². The van der Waals surface area contributed by atoms with Crippen molar-refractivity contribution in [2.45, 2.75) is 39.3 Å². The van der Waals surface area contributed by atoms with Crippen molar-refractivity contribution in [2.75, 3.05) is 13.7 Å². The molecule has 0 heterocycles. The minimum atomic E-state index is 0.339. The Morgan fingerprint density at radius 2 is 1.92 bits per heavy atom. The molecule has 0 aliphatic rings. The van der Waals surface area contributed by atoms with Crippen molar-refractivity contribution in [1.29, 1.82) is 0 Å². The van der Waals surface area contributed by atoms with Crippen LogP contribution in [0.1, 0.15) is 37.3 Å². The van der Waals surface area contributed by atoms with Gasteiger partial charge in [0.1, 0.15) is 6.61 Å². The lowest BCUT2D eigenvalue weighted by Crippen LogP contribution is -2.16. The monoisotopic (exact) mass is 459 g/mol. The predicted molar refractivity (Wildman–Crippen MR) is 113 cm³/mol. The van der Waals surface area contributed by atoms with Crippen LogP contribution in [0.2, 0.25) is 10.0 Å². The average Bonchev–Trinajstić information content (AvgIpc) is 2.62. The summed E-state index contributed by atoms with van der Waals surface area (Å²) in [5, 5.41) is 4.67. The highest BCUT2D eigenvalue weighted by Crippen LogP contribution is 2.37. The molecule has 0 spiro atoms. The molecule has 0 saturated heterocycles. The maximum atomic E-state index is 6.26. The van der Waals surface area contributed by atoms with Crippen LogP contribution in [-0.4, -0.2) is 13.7 Å². The average molecular weight is 461 g/mol. The third kappa shape index (κ3) is 6.05. The van der Waals surface area contributed by atoms with E-state index in [1.807, 2.05) is 18.2 Å². The molecule has 2 aromatic carbocycles. The lowest BCUT2D eigenvalue weighted by Gasteiger charge is -2.17. The van der Waals surface area contributed by atoms with Gasteiger partial charge in [0.25, 0.3) is 0 Å². The fraction of sp³-hybridized carbons (Fsp3) is 0.400. The van der Waals surface area contributed by atoms with Crippen molar-refractivity contribution in [3.63, 3.8) is 0 Å². The van der Waals surface area contributed by atoms with E-state index >= 15 is 0 Å². The van der Waals surface area contributed by atoms with Gasteiger partial charge >= 0.3 is 0 Å². The number of halogens is 3. The van der Waals surface area contributed by atoms with Crippen molar-refractivity contribution < 1.29 is 9.47 Å². The summed E-state index contributed by atoms with van der Waals surface area (Å²) in [4.78, 5) is 0. The van der Waals surface area contributed by atoms with E-state index < -0.39 is 0 Å². The number of unbranched alkanes of at least 4 members (excludes halogenated alkanes) is 2. The first-order chi connectivity index (χ1) is 12.6. The van der Waals surface area contributed by atoms with Crippen LogP contribution in [0.4, 0.5) is 0 Å². The Hall–Kier alpha value is -0.940. The van der Waals surface area contributed by atoms with E-state index in [1.54, 1.807) is 19.2 Å². The number of methoxy groups -OCH3 is 1. The molecule has 2 rings (SSSR count). The fourth-order valence-electron chi connectivity index (χ4n) is 2.57. The zero-order valence-electron chi connectivity index (χ0n) is 15.1. The summed E-state index contributed by atoms with van der Waals surface area (Å²) < 4.78 is 12.6. The molecule has 6 heteroatoms. The first kappa shape index (κ1) is 21.4. The normalized spacial score (nSPS) is 10.8. The van der Waals surface area contributed by atoms with E-state index in [1.165, 1.54) is 12.8 Å². The number of rotatable bonds is 10. The molecule has 142 valence electrons. The fourth-order valence-corrected chi connectivity index (χ4v) is 3.48. The molecular weight excluding hydrogens is 437 g/mol. The Balaban J connectivity index is 2.14. The van der Waals surface area contributed by atoms with Gasteiger partial charge in [0.05, 0.1) is 7.11 Å². The summed E-state index contributed by atoms with van der Waals surface area (Å²) in [6.07, 6.45) is 3.60. The van der Waals surface area contributed by atoms with Gasteiger partial charge in [-0.3, -0.25) is 0 Å². The molecule has 1 N–H and O–H groups in total. The Bertz CT molecular complexity index is 725. The van der Waals surface area contributed by atoms with E-state index in [2.05, 4.69) is 28.2 Å². The zero-order chi connectivity index (χ0) is 18.9. The first-order valence-corrected chi connectivity index (χ1v) is 10.2. The largest absolute Gasteiger partial charge is 0.493 e. The minimum absolute atomic E-state index is 0.339. The second kappa shape index (κ2) is 11.0. The second-order valence-corrected chi connectivity index (χ2v) is 7.66. The van der Waals surface area contributed by atoms with Gasteiger partial charge in [-0.1, -0.05) is 65.0 Å². The lowest BCUT2D eigenvalue weighted by atomic mass is 10.1. The molecule has 0 radical (unpaired) electrons. The molecule has 3 nitrogen and oxygen atoms in total. The van der Waals surface area contributed by atoms with Gasteiger partial charge in [0.2, 0.25) is 0 Å². The molecule has 0 aliphatic heterocycles. The van der Waals surface area contributed by atoms with Crippen LogP contribution in [0.3, 0.4) is 0 Å². The maximum absolute atomic E-state index is 6.26. The Morgan fingerprint density at radius 3 is 2.62 bits per heavy atom. The molecule has 0 amide bonds. The van der Waals surface area contributed by atoms with Crippen LogP contribution in [0.15, 0.2) is 34.8 Å². The third-order valence-corrected chi connectivity index (χ3v) is 5.36. The van der Waals surface area contributed by atoms with Crippen LogP contribution < -0.4 is 14.8 Å². The molecule has 0 unspecified atom stereocenters. The number of hydrogen-bond donors (Lipinski definition) is 1. The van der Waals surface area contributed by atoms with Gasteiger partial charge in [-0.05, 0) is 37.2 Å². The van der Waals surface area contributed by atoms with E-state index in [0.29, 0.717) is 28.9 Å². The lowest BCUT2D eigenvalue weighted by molar-refractivity contribution is 0.280. The summed E-state index contributed by atoms with van der Waals surface area (Å²) in [6, 6.07) is 9.27. The molecule has 26 heavy (non-hydrogen) atoms. The molecule has 0 bridgehead atoms. The van der Waals surface area contributed by atoms with Crippen LogP contribution in [0.5, 0.6) is 11.5 Å². The summed E-state index contributed by atoms with van der Waals surface area (Å²) in [5.41, 5.74) is 1.91. The highest BCUT2D eigenvalue weighted by Gasteiger charge is 2.15. The number of benzene rings is 2. The van der Waals surface area contributed by atoms with Crippen LogP contribution in [-0.2, 0) is 13.2 Å². The Kier molecular flexibility index (Phi) is 9.06. The molecule has 0 fully saturated rings. The molecule has 0 saturated carbocycles. The van der Waals surface area contributed by atoms with Gasteiger partial charge in [0, 0.05) is 32.2 Å². The third-order valence-electron chi connectivity index (χ3n) is 4.03. The van der Waals surface area contributed by atoms with Crippen LogP contribution in [0.25, 0.3) is 0 Å². The number of ether oxygens (including phenoxy) is 2. The Morgan fingerprint density at radius 1 is 1.12 bits per heavy atom. The second-order valence-electron chi connectivity index (χ2n) is 5.97. The minimum Gasteiger partial charge on any atom is -0.493 e. The van der Waals surface area contributed by atoms with E-state index in [-0.39, 0.29) is 0 Å². The topological polar surface area (TPSA) is 30.5 Å². The maximum Gasteiger partial charge on any atom is 0.167 e. The molecule has 0 atom stereocenters. The quantitative estimate of drug-likeness (QED) is 0.404. The predicted octanol–water partition coefficient (Wildman–Crippen LogP) is 6.62. The number of nitrogens with one attached hydrogen (secondary N) is 1. The summed E-state index contributed by atoms with van der Waals surface area (Å²) >= 11 is 15.8. The summed E-state index contributed by atoms with van der Waals surface area (Å²) in [6.45, 7) is 4.21. The SMILES string of the molecule is CCCCCNCc1c(Br)ccc(OC)c1OCc1ccc(Cl)cc1Cl. The van der Waals surface area contributed by atoms with Crippen LogP contribution in [0, 0.1) is 0 Å². The van der Waals surface area contributed by atoms with E-state index in [4.69, 9.17) is 32.7 Å². The highest BCUT2D eigenvalue weighted by atomic mass is 79.9. The van der Waals surface area contributed by atoms with Crippen molar-refractivity contribution in [2.24, 2.45) is 0 Å². The highest BCUT2D eigenvalue weighted by molar-refractivity contribution is 9.10. The summed E-state index contributed by atoms with van der Waals surface area (Å²) in [5.74, 6) is 1.42. The molecule has 0 aromatic heterocycles. The van der Waals surface area contributed by atoms with E-state index in [0.717, 1.165) is 34.3 Å². The van der Waals surface area contributed by atoms with Crippen molar-refractivity contribution in [3.8, 4) is 11.5 Å². The first-order valence-electron chi connectivity index (χ1n) is 8.69. The van der Waals surface area contributed by atoms with Gasteiger partial charge < -0.3 is 14.8 Å². The van der Waals surface area contributed by atoms with Gasteiger partial charge in [-0.2, -0.15) is 0 Å². The van der Waals surface area contributed by atoms with Crippen molar-refractivity contribution in [1.82, 2.24) is 5.32 Å². The molecule has 2 aromatic rings. The number of hydrogen-bond acceptors (Lipinski definition) is 3. The Labute approximate surface area is 174 Å². The van der Waals surface area contributed by atoms with Gasteiger partial charge in [0.15, 0.2) is 11.5 Å². The standard InChI is InChI=1S/C20H24BrCl2NO2/c1-3-4-5-10-24-12-16-17(21)8-9-19(25-2)20(16)26-13-14-6-7-15(22)11-18(14)23/h6-9,11,24H,3-5,10,12-13H2,1-2H3.